The summed E-state index contributed by atoms with van der Waals surface area (Å²) in [5.41, 5.74) is 4.52. The number of ketones is 1. The number of fused-ring (bicyclic) bond motifs is 1. The van der Waals surface area contributed by atoms with Gasteiger partial charge in [-0.2, -0.15) is 0 Å². The van der Waals surface area contributed by atoms with Gasteiger partial charge in [-0.25, -0.2) is 4.98 Å². The van der Waals surface area contributed by atoms with Crippen LogP contribution in [-0.4, -0.2) is 20.9 Å². The van der Waals surface area contributed by atoms with Gasteiger partial charge in [-0.1, -0.05) is 55.3 Å². The Balaban J connectivity index is 1.85. The van der Waals surface area contributed by atoms with Gasteiger partial charge in [0.05, 0.1) is 26.8 Å². The minimum Gasteiger partial charge on any atom is -0.505 e. The average Bonchev–Trinajstić information content (AvgIpc) is 2.72. The van der Waals surface area contributed by atoms with E-state index in [9.17, 15) is 9.90 Å². The Labute approximate surface area is 179 Å². The smallest absolute Gasteiger partial charge is 0.161 e. The van der Waals surface area contributed by atoms with Crippen LogP contribution in [0, 0.1) is 5.92 Å². The van der Waals surface area contributed by atoms with Gasteiger partial charge < -0.3 is 5.11 Å². The number of hydrogen-bond donors (Lipinski definition) is 1. The molecule has 0 unspecified atom stereocenters. The average molecular weight is 429 g/mol. The van der Waals surface area contributed by atoms with E-state index >= 15 is 0 Å². The number of aromatic hydroxyl groups is 1. The zero-order valence-corrected chi connectivity index (χ0v) is 17.7. The van der Waals surface area contributed by atoms with E-state index in [1.54, 1.807) is 25.3 Å². The first-order valence-electron chi connectivity index (χ1n) is 9.92. The number of aromatic nitrogens is 2. The molecule has 0 saturated heterocycles. The normalized spacial score (nSPS) is 15.0. The van der Waals surface area contributed by atoms with Crippen LogP contribution < -0.4 is 0 Å². The Morgan fingerprint density at radius 1 is 1.14 bits per heavy atom. The maximum Gasteiger partial charge on any atom is 0.161 e. The summed E-state index contributed by atoms with van der Waals surface area (Å²) in [6.07, 6.45) is 8.66. The molecule has 0 spiro atoms. The third-order valence-electron chi connectivity index (χ3n) is 5.73. The number of Topliss-reactive ketones (excluding diaryl/α,β-unsaturated/α-hetero) is 1. The number of halogens is 2. The van der Waals surface area contributed by atoms with Crippen LogP contribution in [0.3, 0.4) is 0 Å². The molecule has 0 bridgehead atoms. The minimum atomic E-state index is -0.142. The Kier molecular flexibility index (Phi) is 5.75. The number of phenols is 1. The molecule has 2 aromatic heterocycles. The van der Waals surface area contributed by atoms with Crippen LogP contribution in [0.15, 0.2) is 30.5 Å². The van der Waals surface area contributed by atoms with Crippen molar-refractivity contribution in [3.63, 3.8) is 0 Å². The summed E-state index contributed by atoms with van der Waals surface area (Å²) in [6, 6.07) is 7.03. The lowest BCUT2D eigenvalue weighted by molar-refractivity contribution is 0.101. The van der Waals surface area contributed by atoms with E-state index in [1.807, 2.05) is 12.1 Å². The van der Waals surface area contributed by atoms with E-state index < -0.39 is 0 Å². The van der Waals surface area contributed by atoms with Gasteiger partial charge in [-0.05, 0) is 49.1 Å². The quantitative estimate of drug-likeness (QED) is 0.473. The van der Waals surface area contributed by atoms with Crippen molar-refractivity contribution in [1.29, 1.82) is 0 Å². The Morgan fingerprint density at radius 3 is 2.48 bits per heavy atom. The molecule has 0 aliphatic heterocycles. The molecule has 1 N–H and O–H groups in total. The van der Waals surface area contributed by atoms with Crippen LogP contribution in [0.25, 0.3) is 22.3 Å². The fourth-order valence-corrected chi connectivity index (χ4v) is 4.67. The second-order valence-corrected chi connectivity index (χ2v) is 8.58. The minimum absolute atomic E-state index is 0.00753. The van der Waals surface area contributed by atoms with Crippen LogP contribution in [-0.2, 0) is 6.42 Å². The molecule has 6 heteroatoms. The maximum absolute atomic E-state index is 12.3. The predicted molar refractivity (Wildman–Crippen MR) is 117 cm³/mol. The fraction of sp³-hybridized carbons (Fsp3) is 0.348. The van der Waals surface area contributed by atoms with Crippen molar-refractivity contribution in [2.24, 2.45) is 5.92 Å². The van der Waals surface area contributed by atoms with E-state index in [0.29, 0.717) is 22.7 Å². The molecule has 4 nitrogen and oxygen atoms in total. The second-order valence-electron chi connectivity index (χ2n) is 7.77. The molecule has 1 aliphatic rings. The van der Waals surface area contributed by atoms with Crippen molar-refractivity contribution in [2.45, 2.75) is 45.4 Å². The van der Waals surface area contributed by atoms with Crippen molar-refractivity contribution in [1.82, 2.24) is 9.97 Å². The Bertz CT molecular complexity index is 1070. The van der Waals surface area contributed by atoms with Crippen molar-refractivity contribution in [3.05, 3.63) is 51.6 Å². The molecule has 150 valence electrons. The molecule has 1 aromatic carbocycles. The molecule has 4 rings (SSSR count). The largest absolute Gasteiger partial charge is 0.505 e. The number of rotatable bonds is 4. The molecule has 29 heavy (non-hydrogen) atoms. The summed E-state index contributed by atoms with van der Waals surface area (Å²) in [6.45, 7) is 1.58. The maximum atomic E-state index is 12.3. The number of carbonyl (C=O) groups excluding carboxylic acids is 1. The first-order chi connectivity index (χ1) is 13.9. The summed E-state index contributed by atoms with van der Waals surface area (Å²) >= 11 is 12.2. The SMILES string of the molecule is CC(=O)c1cnc2ccc(-c3cc(Cl)c(O)c(Cl)c3)nc2c1CC1CCCCC1. The molecule has 0 radical (unpaired) electrons. The van der Waals surface area contributed by atoms with Crippen LogP contribution in [0.2, 0.25) is 10.0 Å². The third-order valence-corrected chi connectivity index (χ3v) is 6.30. The van der Waals surface area contributed by atoms with Crippen LogP contribution in [0.4, 0.5) is 0 Å². The van der Waals surface area contributed by atoms with Crippen molar-refractivity contribution >= 4 is 40.0 Å². The van der Waals surface area contributed by atoms with Gasteiger partial charge >= 0.3 is 0 Å². The third kappa shape index (κ3) is 4.10. The summed E-state index contributed by atoms with van der Waals surface area (Å²) in [4.78, 5) is 21.6. The van der Waals surface area contributed by atoms with Gasteiger partial charge in [0, 0.05) is 17.3 Å². The highest BCUT2D eigenvalue weighted by atomic mass is 35.5. The van der Waals surface area contributed by atoms with Crippen molar-refractivity contribution < 1.29 is 9.90 Å². The topological polar surface area (TPSA) is 63.1 Å². The lowest BCUT2D eigenvalue weighted by atomic mass is 9.83. The van der Waals surface area contributed by atoms with Crippen molar-refractivity contribution in [2.75, 3.05) is 0 Å². The van der Waals surface area contributed by atoms with Crippen LogP contribution >= 0.6 is 23.2 Å². The van der Waals surface area contributed by atoms with Gasteiger partial charge in [0.15, 0.2) is 11.5 Å². The molecule has 1 aliphatic carbocycles. The number of nitrogens with zero attached hydrogens (tertiary/aromatic N) is 2. The molecule has 3 aromatic rings. The highest BCUT2D eigenvalue weighted by Crippen LogP contribution is 2.37. The molecular weight excluding hydrogens is 407 g/mol. The van der Waals surface area contributed by atoms with E-state index in [2.05, 4.69) is 4.98 Å². The highest BCUT2D eigenvalue weighted by molar-refractivity contribution is 6.37. The zero-order chi connectivity index (χ0) is 20.5. The first kappa shape index (κ1) is 20.1. The standard InChI is InChI=1S/C23H22Cl2N2O2/c1-13(28)17-12-26-21-8-7-20(15-10-18(24)23(29)19(25)11-15)27-22(21)16(17)9-14-5-3-2-4-6-14/h7-8,10-12,14,29H,2-6,9H2,1H3. The lowest BCUT2D eigenvalue weighted by Crippen LogP contribution is -2.13. The molecular formula is C23H22Cl2N2O2. The molecule has 0 amide bonds. The van der Waals surface area contributed by atoms with E-state index in [1.165, 1.54) is 32.1 Å². The summed E-state index contributed by atoms with van der Waals surface area (Å²) in [5.74, 6) is 0.431. The van der Waals surface area contributed by atoms with Gasteiger partial charge in [0.1, 0.15) is 0 Å². The van der Waals surface area contributed by atoms with Gasteiger partial charge in [0.25, 0.3) is 0 Å². The molecule has 2 heterocycles. The van der Waals surface area contributed by atoms with Gasteiger partial charge in [0.2, 0.25) is 0 Å². The Morgan fingerprint density at radius 2 is 1.83 bits per heavy atom. The molecule has 1 fully saturated rings. The van der Waals surface area contributed by atoms with Crippen LogP contribution in [0.1, 0.15) is 54.9 Å². The molecule has 1 saturated carbocycles. The first-order valence-corrected chi connectivity index (χ1v) is 10.7. The highest BCUT2D eigenvalue weighted by Gasteiger charge is 2.21. The van der Waals surface area contributed by atoms with Gasteiger partial charge in [-0.3, -0.25) is 9.78 Å². The number of carbonyl (C=O) groups is 1. The van der Waals surface area contributed by atoms with Crippen molar-refractivity contribution in [3.8, 4) is 17.0 Å². The number of phenolic OH excluding ortho intramolecular Hbond substituents is 1. The Hall–Kier alpha value is -2.17. The van der Waals surface area contributed by atoms with E-state index in [4.69, 9.17) is 28.2 Å². The van der Waals surface area contributed by atoms with E-state index in [0.717, 1.165) is 23.0 Å². The summed E-state index contributed by atoms with van der Waals surface area (Å²) < 4.78 is 0. The monoisotopic (exact) mass is 428 g/mol. The second kappa shape index (κ2) is 8.29. The summed E-state index contributed by atoms with van der Waals surface area (Å²) in [7, 11) is 0. The van der Waals surface area contributed by atoms with Gasteiger partial charge in [-0.15, -0.1) is 0 Å². The van der Waals surface area contributed by atoms with E-state index in [-0.39, 0.29) is 21.6 Å². The predicted octanol–water partition coefficient (Wildman–Crippen LogP) is 6.63. The number of benzene rings is 1. The van der Waals surface area contributed by atoms with Crippen LogP contribution in [0.5, 0.6) is 5.75 Å². The summed E-state index contributed by atoms with van der Waals surface area (Å²) in [5, 5.41) is 10.2. The number of hydrogen-bond acceptors (Lipinski definition) is 4. The number of pyridine rings is 2. The fourth-order valence-electron chi connectivity index (χ4n) is 4.18. The lowest BCUT2D eigenvalue weighted by Gasteiger charge is -2.23. The molecule has 0 atom stereocenters. The zero-order valence-electron chi connectivity index (χ0n) is 16.2.